The molecular weight excluding hydrogens is 405 g/mol. The number of anilines is 1. The molecule has 0 bridgehead atoms. The lowest BCUT2D eigenvalue weighted by Crippen LogP contribution is -2.19. The van der Waals surface area contributed by atoms with Gasteiger partial charge < -0.3 is 9.73 Å². The molecule has 1 fully saturated rings. The largest absolute Gasteiger partial charge is 0.416 e. The fourth-order valence-corrected chi connectivity index (χ4v) is 4.01. The van der Waals surface area contributed by atoms with E-state index in [1.54, 1.807) is 18.2 Å². The first kappa shape index (κ1) is 18.3. The summed E-state index contributed by atoms with van der Waals surface area (Å²) in [5.41, 5.74) is 1.36. The summed E-state index contributed by atoms with van der Waals surface area (Å²) in [7, 11) is 0. The van der Waals surface area contributed by atoms with Crippen molar-refractivity contribution in [2.75, 3.05) is 5.32 Å². The highest BCUT2D eigenvalue weighted by molar-refractivity contribution is 8.00. The molecule has 1 aliphatic rings. The summed E-state index contributed by atoms with van der Waals surface area (Å²) >= 11 is 13.3. The molecule has 27 heavy (non-hydrogen) atoms. The van der Waals surface area contributed by atoms with Crippen LogP contribution in [0, 0.1) is 0 Å². The summed E-state index contributed by atoms with van der Waals surface area (Å²) in [6.45, 7) is 0. The maximum absolute atomic E-state index is 13.0. The lowest BCUT2D eigenvalue weighted by molar-refractivity contribution is -0.115. The summed E-state index contributed by atoms with van der Waals surface area (Å²) in [6, 6.07) is 14.4. The summed E-state index contributed by atoms with van der Waals surface area (Å²) in [6.07, 6.45) is 2.15. The maximum atomic E-state index is 13.0. The second-order valence-corrected chi connectivity index (χ2v) is 8.17. The van der Waals surface area contributed by atoms with Gasteiger partial charge in [-0.05, 0) is 48.4 Å². The van der Waals surface area contributed by atoms with E-state index in [4.69, 9.17) is 27.6 Å². The van der Waals surface area contributed by atoms with Crippen LogP contribution in [0.2, 0.25) is 10.0 Å². The number of amides is 1. The molecule has 8 heteroatoms. The number of nitrogens with zero attached hydrogens (tertiary/aromatic N) is 2. The number of rotatable bonds is 6. The van der Waals surface area contributed by atoms with Crippen LogP contribution in [-0.2, 0) is 4.79 Å². The fraction of sp³-hybridized carbons (Fsp3) is 0.211. The number of thioether (sulfide) groups is 1. The van der Waals surface area contributed by atoms with Gasteiger partial charge in [-0.1, -0.05) is 53.5 Å². The molecule has 5 nitrogen and oxygen atoms in total. The third kappa shape index (κ3) is 4.64. The van der Waals surface area contributed by atoms with Crippen LogP contribution in [0.5, 0.6) is 0 Å². The van der Waals surface area contributed by atoms with E-state index in [-0.39, 0.29) is 5.91 Å². The Hall–Kier alpha value is -2.02. The van der Waals surface area contributed by atoms with Crippen LogP contribution in [0.25, 0.3) is 0 Å². The van der Waals surface area contributed by atoms with Crippen molar-refractivity contribution in [3.63, 3.8) is 0 Å². The van der Waals surface area contributed by atoms with Crippen molar-refractivity contribution in [1.82, 2.24) is 10.2 Å². The Kier molecular flexibility index (Phi) is 5.38. The van der Waals surface area contributed by atoms with Gasteiger partial charge in [0, 0.05) is 21.7 Å². The highest BCUT2D eigenvalue weighted by atomic mass is 35.5. The van der Waals surface area contributed by atoms with E-state index in [1.807, 2.05) is 30.3 Å². The fourth-order valence-electron chi connectivity index (χ4n) is 2.60. The molecule has 0 aliphatic heterocycles. The van der Waals surface area contributed by atoms with Gasteiger partial charge in [-0.25, -0.2) is 0 Å². The van der Waals surface area contributed by atoms with Crippen LogP contribution < -0.4 is 5.32 Å². The molecule has 0 spiro atoms. The molecular formula is C19H15Cl2N3O2S. The number of hydrogen-bond acceptors (Lipinski definition) is 5. The third-order valence-electron chi connectivity index (χ3n) is 4.04. The van der Waals surface area contributed by atoms with Gasteiger partial charge in [0.1, 0.15) is 5.25 Å². The number of halogens is 2. The Labute approximate surface area is 170 Å². The van der Waals surface area contributed by atoms with Crippen LogP contribution in [-0.4, -0.2) is 16.1 Å². The number of hydrogen-bond donors (Lipinski definition) is 1. The molecule has 1 N–H and O–H groups in total. The van der Waals surface area contributed by atoms with Crippen LogP contribution in [0.1, 0.15) is 35.5 Å². The lowest BCUT2D eigenvalue weighted by Gasteiger charge is -2.15. The van der Waals surface area contributed by atoms with Crippen molar-refractivity contribution >= 4 is 46.6 Å². The second-order valence-electron chi connectivity index (χ2n) is 6.24. The zero-order valence-electron chi connectivity index (χ0n) is 14.1. The first-order chi connectivity index (χ1) is 13.1. The van der Waals surface area contributed by atoms with Gasteiger partial charge in [0.2, 0.25) is 11.8 Å². The summed E-state index contributed by atoms with van der Waals surface area (Å²) in [5, 5.41) is 11.8. The molecule has 2 aromatic carbocycles. The van der Waals surface area contributed by atoms with E-state index >= 15 is 0 Å². The minimum absolute atomic E-state index is 0.226. The number of carbonyl (C=O) groups is 1. The smallest absolute Gasteiger partial charge is 0.277 e. The Bertz CT molecular complexity index is 940. The van der Waals surface area contributed by atoms with Gasteiger partial charge in [-0.15, -0.1) is 10.2 Å². The number of aromatic nitrogens is 2. The first-order valence-electron chi connectivity index (χ1n) is 8.40. The van der Waals surface area contributed by atoms with Crippen molar-refractivity contribution in [3.8, 4) is 0 Å². The lowest BCUT2D eigenvalue weighted by atomic mass is 10.1. The maximum Gasteiger partial charge on any atom is 0.277 e. The van der Waals surface area contributed by atoms with E-state index in [0.29, 0.717) is 32.8 Å². The van der Waals surface area contributed by atoms with E-state index in [9.17, 15) is 4.79 Å². The Balaban J connectivity index is 1.57. The zero-order chi connectivity index (χ0) is 18.8. The molecule has 3 aromatic rings. The predicted molar refractivity (Wildman–Crippen MR) is 106 cm³/mol. The van der Waals surface area contributed by atoms with Crippen molar-refractivity contribution in [1.29, 1.82) is 0 Å². The Morgan fingerprint density at radius 3 is 2.48 bits per heavy atom. The van der Waals surface area contributed by atoms with E-state index < -0.39 is 5.25 Å². The number of nitrogens with one attached hydrogen (secondary N) is 1. The van der Waals surface area contributed by atoms with Gasteiger partial charge in [0.15, 0.2) is 0 Å². The normalized spacial score (nSPS) is 14.7. The molecule has 1 heterocycles. The van der Waals surface area contributed by atoms with E-state index in [0.717, 1.165) is 18.4 Å². The minimum Gasteiger partial charge on any atom is -0.416 e. The third-order valence-corrected chi connectivity index (χ3v) is 5.56. The number of carbonyl (C=O) groups excluding carboxylic acids is 1. The van der Waals surface area contributed by atoms with Gasteiger partial charge in [-0.3, -0.25) is 4.79 Å². The SMILES string of the molecule is O=C(Nc1cc(Cl)cc(Cl)c1)[C@@H](Sc1nnc(C2CC2)o1)c1ccccc1. The van der Waals surface area contributed by atoms with Crippen LogP contribution in [0.3, 0.4) is 0 Å². The molecule has 4 rings (SSSR count). The summed E-state index contributed by atoms with van der Waals surface area (Å²) < 4.78 is 5.72. The summed E-state index contributed by atoms with van der Waals surface area (Å²) in [5.74, 6) is 0.784. The molecule has 0 unspecified atom stereocenters. The highest BCUT2D eigenvalue weighted by Crippen LogP contribution is 2.42. The molecule has 1 aliphatic carbocycles. The van der Waals surface area contributed by atoms with Crippen molar-refractivity contribution in [2.24, 2.45) is 0 Å². The standard InChI is InChI=1S/C19H15Cl2N3O2S/c20-13-8-14(21)10-15(9-13)22-17(25)16(11-4-2-1-3-5-11)27-19-24-23-18(26-19)12-6-7-12/h1-5,8-10,12,16H,6-7H2,(H,22,25)/t16-/m0/s1. The molecule has 1 atom stereocenters. The van der Waals surface area contributed by atoms with Gasteiger partial charge >= 0.3 is 0 Å². The summed E-state index contributed by atoms with van der Waals surface area (Å²) in [4.78, 5) is 13.0. The quantitative estimate of drug-likeness (QED) is 0.516. The average molecular weight is 420 g/mol. The minimum atomic E-state index is -0.559. The van der Waals surface area contributed by atoms with E-state index in [2.05, 4.69) is 15.5 Å². The molecule has 0 saturated heterocycles. The molecule has 1 saturated carbocycles. The number of benzene rings is 2. The zero-order valence-corrected chi connectivity index (χ0v) is 16.4. The Morgan fingerprint density at radius 2 is 1.81 bits per heavy atom. The van der Waals surface area contributed by atoms with Crippen LogP contribution in [0.4, 0.5) is 5.69 Å². The van der Waals surface area contributed by atoms with Crippen molar-refractivity contribution < 1.29 is 9.21 Å². The average Bonchev–Trinajstić information content (AvgIpc) is 3.38. The Morgan fingerprint density at radius 1 is 1.11 bits per heavy atom. The van der Waals surface area contributed by atoms with Crippen molar-refractivity contribution in [3.05, 3.63) is 70.0 Å². The van der Waals surface area contributed by atoms with E-state index in [1.165, 1.54) is 11.8 Å². The van der Waals surface area contributed by atoms with Crippen LogP contribution in [0.15, 0.2) is 58.2 Å². The highest BCUT2D eigenvalue weighted by Gasteiger charge is 2.31. The van der Waals surface area contributed by atoms with Gasteiger partial charge in [0.05, 0.1) is 0 Å². The molecule has 138 valence electrons. The predicted octanol–water partition coefficient (Wildman–Crippen LogP) is 5.73. The monoisotopic (exact) mass is 419 g/mol. The molecule has 1 aromatic heterocycles. The van der Waals surface area contributed by atoms with Gasteiger partial charge in [0.25, 0.3) is 5.22 Å². The molecule has 1 amide bonds. The van der Waals surface area contributed by atoms with Crippen molar-refractivity contribution in [2.45, 2.75) is 29.2 Å². The second kappa shape index (κ2) is 7.92. The van der Waals surface area contributed by atoms with Gasteiger partial charge in [-0.2, -0.15) is 0 Å². The topological polar surface area (TPSA) is 68.0 Å². The molecule has 0 radical (unpaired) electrons. The first-order valence-corrected chi connectivity index (χ1v) is 10.0. The van der Waals surface area contributed by atoms with Crippen LogP contribution >= 0.6 is 35.0 Å².